The van der Waals surface area contributed by atoms with Gasteiger partial charge in [-0.15, -0.1) is 0 Å². The highest BCUT2D eigenvalue weighted by molar-refractivity contribution is 5.94. The molecule has 1 amide bonds. The maximum Gasteiger partial charge on any atom is 0.256 e. The van der Waals surface area contributed by atoms with Crippen LogP contribution >= 0.6 is 0 Å². The normalized spacial score (nSPS) is 17.7. The molecule has 4 rings (SSSR count). The van der Waals surface area contributed by atoms with Crippen LogP contribution in [0.15, 0.2) is 36.5 Å². The summed E-state index contributed by atoms with van der Waals surface area (Å²) in [5.74, 6) is 0.957. The van der Waals surface area contributed by atoms with Crippen LogP contribution in [0.25, 0.3) is 0 Å². The fraction of sp³-hybridized carbons (Fsp3) is 0.421. The van der Waals surface area contributed by atoms with Gasteiger partial charge in [0, 0.05) is 45.5 Å². The Labute approximate surface area is 152 Å². The maximum atomic E-state index is 13.8. The van der Waals surface area contributed by atoms with Crippen LogP contribution in [0.5, 0.6) is 0 Å². The van der Waals surface area contributed by atoms with Crippen molar-refractivity contribution in [1.82, 2.24) is 14.9 Å². The zero-order chi connectivity index (χ0) is 17.9. The summed E-state index contributed by atoms with van der Waals surface area (Å²) in [5, 5.41) is 0. The highest BCUT2D eigenvalue weighted by atomic mass is 19.1. The van der Waals surface area contributed by atoms with Crippen molar-refractivity contribution in [2.24, 2.45) is 0 Å². The number of aromatic nitrogens is 2. The third-order valence-electron chi connectivity index (χ3n) is 5.01. The molecule has 7 heteroatoms. The average Bonchev–Trinajstić information content (AvgIpc) is 3.23. The lowest BCUT2D eigenvalue weighted by Crippen LogP contribution is -2.49. The second-order valence-electron chi connectivity index (χ2n) is 6.67. The van der Waals surface area contributed by atoms with E-state index in [-0.39, 0.29) is 11.5 Å². The first-order chi connectivity index (χ1) is 12.7. The number of rotatable bonds is 3. The Bertz CT molecular complexity index is 785. The van der Waals surface area contributed by atoms with Crippen molar-refractivity contribution in [3.8, 4) is 0 Å². The molecular formula is C19H22FN5O. The Kier molecular flexibility index (Phi) is 4.69. The predicted molar refractivity (Wildman–Crippen MR) is 98.0 cm³/mol. The molecule has 2 aromatic rings. The minimum Gasteiger partial charge on any atom is -0.353 e. The van der Waals surface area contributed by atoms with Gasteiger partial charge in [-0.05, 0) is 31.0 Å². The van der Waals surface area contributed by atoms with Crippen molar-refractivity contribution >= 4 is 17.7 Å². The molecule has 2 aliphatic heterocycles. The molecular weight excluding hydrogens is 333 g/mol. The number of nitrogens with zero attached hydrogens (tertiary/aromatic N) is 5. The quantitative estimate of drug-likeness (QED) is 0.845. The summed E-state index contributed by atoms with van der Waals surface area (Å²) < 4.78 is 13.8. The molecule has 2 aliphatic rings. The fourth-order valence-electron chi connectivity index (χ4n) is 3.53. The zero-order valence-electron chi connectivity index (χ0n) is 14.6. The molecule has 136 valence electrons. The van der Waals surface area contributed by atoms with Gasteiger partial charge in [0.25, 0.3) is 5.91 Å². The Morgan fingerprint density at radius 1 is 0.923 bits per heavy atom. The molecule has 2 fully saturated rings. The molecule has 0 aliphatic carbocycles. The third-order valence-corrected chi connectivity index (χ3v) is 5.01. The molecule has 0 saturated carbocycles. The molecule has 26 heavy (non-hydrogen) atoms. The van der Waals surface area contributed by atoms with Gasteiger partial charge in [0.05, 0.1) is 5.56 Å². The van der Waals surface area contributed by atoms with Crippen LogP contribution < -0.4 is 9.80 Å². The summed E-state index contributed by atoms with van der Waals surface area (Å²) in [7, 11) is 0. The van der Waals surface area contributed by atoms with Gasteiger partial charge in [-0.3, -0.25) is 4.79 Å². The molecule has 3 heterocycles. The van der Waals surface area contributed by atoms with Gasteiger partial charge >= 0.3 is 0 Å². The molecule has 6 nitrogen and oxygen atoms in total. The largest absolute Gasteiger partial charge is 0.353 e. The van der Waals surface area contributed by atoms with Crippen molar-refractivity contribution in [3.63, 3.8) is 0 Å². The molecule has 0 unspecified atom stereocenters. The second kappa shape index (κ2) is 7.27. The summed E-state index contributed by atoms with van der Waals surface area (Å²) in [6, 6.07) is 8.05. The summed E-state index contributed by atoms with van der Waals surface area (Å²) in [6.45, 7) is 4.47. The van der Waals surface area contributed by atoms with Crippen molar-refractivity contribution in [2.45, 2.75) is 12.8 Å². The standard InChI is InChI=1S/C19H22FN5O/c20-16-6-2-1-5-15(16)18(26)24-13-11-23(12-14-24)17-7-8-21-19(22-17)25-9-3-4-10-25/h1-2,5-8H,3-4,9-14H2. The van der Waals surface area contributed by atoms with Crippen molar-refractivity contribution in [1.29, 1.82) is 0 Å². The number of piperazine rings is 1. The molecule has 0 radical (unpaired) electrons. The van der Waals surface area contributed by atoms with Crippen LogP contribution in [0.4, 0.5) is 16.2 Å². The van der Waals surface area contributed by atoms with Crippen molar-refractivity contribution in [3.05, 3.63) is 47.9 Å². The van der Waals surface area contributed by atoms with E-state index in [4.69, 9.17) is 4.98 Å². The molecule has 1 aromatic carbocycles. The van der Waals surface area contributed by atoms with Gasteiger partial charge in [-0.2, -0.15) is 4.98 Å². The molecule has 0 atom stereocenters. The minimum absolute atomic E-state index is 0.138. The van der Waals surface area contributed by atoms with E-state index in [1.54, 1.807) is 23.2 Å². The summed E-state index contributed by atoms with van der Waals surface area (Å²) >= 11 is 0. The molecule has 2 saturated heterocycles. The number of anilines is 2. The Morgan fingerprint density at radius 3 is 2.38 bits per heavy atom. The van der Waals surface area contributed by atoms with Crippen LogP contribution in [0.2, 0.25) is 0 Å². The molecule has 0 N–H and O–H groups in total. The SMILES string of the molecule is O=C(c1ccccc1F)N1CCN(c2ccnc(N3CCCC3)n2)CC1. The number of hydrogen-bond donors (Lipinski definition) is 0. The smallest absolute Gasteiger partial charge is 0.256 e. The first kappa shape index (κ1) is 16.8. The summed E-state index contributed by atoms with van der Waals surface area (Å²) in [6.07, 6.45) is 4.17. The van der Waals surface area contributed by atoms with Crippen molar-refractivity contribution in [2.75, 3.05) is 49.1 Å². The van der Waals surface area contributed by atoms with E-state index in [2.05, 4.69) is 14.8 Å². The third kappa shape index (κ3) is 3.34. The Hall–Kier alpha value is -2.70. The average molecular weight is 355 g/mol. The van der Waals surface area contributed by atoms with Gasteiger partial charge in [0.1, 0.15) is 11.6 Å². The van der Waals surface area contributed by atoms with E-state index in [9.17, 15) is 9.18 Å². The van der Waals surface area contributed by atoms with Crippen LogP contribution in [0.3, 0.4) is 0 Å². The first-order valence-electron chi connectivity index (χ1n) is 9.09. The van der Waals surface area contributed by atoms with Gasteiger partial charge < -0.3 is 14.7 Å². The number of carbonyl (C=O) groups excluding carboxylic acids is 1. The van der Waals surface area contributed by atoms with Gasteiger partial charge in [0.15, 0.2) is 0 Å². The second-order valence-corrected chi connectivity index (χ2v) is 6.67. The van der Waals surface area contributed by atoms with Gasteiger partial charge in [-0.1, -0.05) is 12.1 Å². The highest BCUT2D eigenvalue weighted by Crippen LogP contribution is 2.20. The lowest BCUT2D eigenvalue weighted by Gasteiger charge is -2.35. The summed E-state index contributed by atoms with van der Waals surface area (Å²) in [5.41, 5.74) is 0.138. The highest BCUT2D eigenvalue weighted by Gasteiger charge is 2.25. The van der Waals surface area contributed by atoms with E-state index >= 15 is 0 Å². The molecule has 0 bridgehead atoms. The van der Waals surface area contributed by atoms with Crippen LogP contribution in [-0.4, -0.2) is 60.0 Å². The maximum absolute atomic E-state index is 13.8. The van der Waals surface area contributed by atoms with E-state index in [0.717, 1.165) is 24.9 Å². The van der Waals surface area contributed by atoms with E-state index in [1.165, 1.54) is 25.0 Å². The Balaban J connectivity index is 1.41. The first-order valence-corrected chi connectivity index (χ1v) is 9.09. The minimum atomic E-state index is -0.467. The van der Waals surface area contributed by atoms with E-state index in [0.29, 0.717) is 26.2 Å². The zero-order valence-corrected chi connectivity index (χ0v) is 14.6. The van der Waals surface area contributed by atoms with Gasteiger partial charge in [-0.25, -0.2) is 9.37 Å². The monoisotopic (exact) mass is 355 g/mol. The van der Waals surface area contributed by atoms with Crippen molar-refractivity contribution < 1.29 is 9.18 Å². The van der Waals surface area contributed by atoms with Crippen LogP contribution in [0, 0.1) is 5.82 Å². The molecule has 1 aromatic heterocycles. The number of amides is 1. The van der Waals surface area contributed by atoms with Gasteiger partial charge in [0.2, 0.25) is 5.95 Å². The number of halogens is 1. The topological polar surface area (TPSA) is 52.6 Å². The van der Waals surface area contributed by atoms with Crippen LogP contribution in [0.1, 0.15) is 23.2 Å². The number of hydrogen-bond acceptors (Lipinski definition) is 5. The summed E-state index contributed by atoms with van der Waals surface area (Å²) in [4.78, 5) is 27.7. The van der Waals surface area contributed by atoms with E-state index < -0.39 is 5.82 Å². The lowest BCUT2D eigenvalue weighted by atomic mass is 10.1. The van der Waals surface area contributed by atoms with Crippen LogP contribution in [-0.2, 0) is 0 Å². The number of benzene rings is 1. The van der Waals surface area contributed by atoms with E-state index in [1.807, 2.05) is 6.07 Å². The molecule has 0 spiro atoms. The predicted octanol–water partition coefficient (Wildman–Crippen LogP) is 2.18. The Morgan fingerprint density at radius 2 is 1.65 bits per heavy atom. The fourth-order valence-corrected chi connectivity index (χ4v) is 3.53. The number of carbonyl (C=O) groups is 1. The lowest BCUT2D eigenvalue weighted by molar-refractivity contribution is 0.0742.